The molecule has 2 aliphatic rings. The van der Waals surface area contributed by atoms with Crippen LogP contribution in [0.1, 0.15) is 17.7 Å². The molecule has 1 saturated heterocycles. The maximum Gasteiger partial charge on any atom is 0.312 e. The van der Waals surface area contributed by atoms with Crippen molar-refractivity contribution in [2.45, 2.75) is 19.4 Å². The summed E-state index contributed by atoms with van der Waals surface area (Å²) in [6.45, 7) is 1.26. The summed E-state index contributed by atoms with van der Waals surface area (Å²) in [7, 11) is 0. The Bertz CT molecular complexity index is 618. The summed E-state index contributed by atoms with van der Waals surface area (Å²) in [5.41, 5.74) is -2.35. The summed E-state index contributed by atoms with van der Waals surface area (Å²) in [6.07, 6.45) is 0.419. The van der Waals surface area contributed by atoms with Gasteiger partial charge in [-0.3, -0.25) is 14.4 Å². The number of carboxylic acids is 2. The molecular formula is C15H18N2O5S. The Morgan fingerprint density at radius 3 is 2.39 bits per heavy atom. The molecule has 8 heteroatoms. The molecule has 3 rings (SSSR count). The number of carbonyl (C=O) groups is 3. The van der Waals surface area contributed by atoms with Crippen LogP contribution in [0.3, 0.4) is 0 Å². The Morgan fingerprint density at radius 1 is 1.22 bits per heavy atom. The molecule has 124 valence electrons. The average Bonchev–Trinajstić information content (AvgIpc) is 2.87. The highest BCUT2D eigenvalue weighted by atomic mass is 32.1. The van der Waals surface area contributed by atoms with Gasteiger partial charge in [0.1, 0.15) is 0 Å². The van der Waals surface area contributed by atoms with E-state index in [-0.39, 0.29) is 31.8 Å². The van der Waals surface area contributed by atoms with Gasteiger partial charge in [-0.15, -0.1) is 11.3 Å². The van der Waals surface area contributed by atoms with Crippen molar-refractivity contribution in [3.8, 4) is 0 Å². The number of fused-ring (bicyclic) bond motifs is 1. The number of likely N-dealkylation sites (tertiary alicyclic amines) is 1. The standard InChI is InChI=1S/C15H18N2O5S/c18-11(16-6-10-2-1-5-23-10)3-4-17-8-14(12(19)20)7-15(14,9-17)13(21)22/h1-2,5H,3-4,6-9H2,(H,16,18)(H,19,20)(H,21,22)/t14-,15+. The number of piperidine rings is 1. The maximum atomic E-state index is 11.8. The third kappa shape index (κ3) is 2.61. The number of rotatable bonds is 7. The summed E-state index contributed by atoms with van der Waals surface area (Å²) >= 11 is 1.56. The molecule has 3 N–H and O–H groups in total. The second-order valence-electron chi connectivity index (χ2n) is 6.27. The summed E-state index contributed by atoms with van der Waals surface area (Å²) in [4.78, 5) is 37.5. The van der Waals surface area contributed by atoms with Crippen LogP contribution in [0.4, 0.5) is 0 Å². The molecule has 7 nitrogen and oxygen atoms in total. The fraction of sp³-hybridized carbons (Fsp3) is 0.533. The number of carbonyl (C=O) groups excluding carboxylic acids is 1. The third-order valence-electron chi connectivity index (χ3n) is 4.90. The fourth-order valence-electron chi connectivity index (χ4n) is 3.51. The molecule has 1 aliphatic heterocycles. The van der Waals surface area contributed by atoms with Crippen LogP contribution >= 0.6 is 11.3 Å². The van der Waals surface area contributed by atoms with Crippen LogP contribution in [0.5, 0.6) is 0 Å². The van der Waals surface area contributed by atoms with Crippen LogP contribution in [0.15, 0.2) is 17.5 Å². The van der Waals surface area contributed by atoms with E-state index in [4.69, 9.17) is 0 Å². The zero-order chi connectivity index (χ0) is 16.7. The smallest absolute Gasteiger partial charge is 0.312 e. The van der Waals surface area contributed by atoms with E-state index < -0.39 is 22.8 Å². The highest BCUT2D eigenvalue weighted by Gasteiger charge is 2.80. The minimum Gasteiger partial charge on any atom is -0.481 e. The Morgan fingerprint density at radius 2 is 1.87 bits per heavy atom. The first-order valence-electron chi connectivity index (χ1n) is 7.38. The first kappa shape index (κ1) is 15.9. The minimum atomic E-state index is -1.17. The Kier molecular flexibility index (Phi) is 3.89. The zero-order valence-corrected chi connectivity index (χ0v) is 13.3. The molecule has 1 aromatic rings. The normalized spacial score (nSPS) is 29.0. The van der Waals surface area contributed by atoms with Crippen LogP contribution in [0, 0.1) is 10.8 Å². The maximum absolute atomic E-state index is 11.8. The van der Waals surface area contributed by atoms with E-state index in [0.29, 0.717) is 13.1 Å². The van der Waals surface area contributed by atoms with Crippen molar-refractivity contribution < 1.29 is 24.6 Å². The number of aliphatic carboxylic acids is 2. The zero-order valence-electron chi connectivity index (χ0n) is 12.4. The molecule has 1 saturated carbocycles. The number of nitrogens with zero attached hydrogens (tertiary/aromatic N) is 1. The highest BCUT2D eigenvalue weighted by molar-refractivity contribution is 7.09. The van der Waals surface area contributed by atoms with Gasteiger partial charge >= 0.3 is 11.9 Å². The largest absolute Gasteiger partial charge is 0.481 e. The summed E-state index contributed by atoms with van der Waals surface area (Å²) in [6, 6.07) is 3.85. The number of thiophene rings is 1. The molecule has 0 bridgehead atoms. The monoisotopic (exact) mass is 338 g/mol. The lowest BCUT2D eigenvalue weighted by Gasteiger charge is -2.19. The summed E-state index contributed by atoms with van der Waals surface area (Å²) in [5, 5.41) is 23.4. The predicted octanol–water partition coefficient (Wildman–Crippen LogP) is 0.616. The van der Waals surface area contributed by atoms with Crippen molar-refractivity contribution in [3.05, 3.63) is 22.4 Å². The van der Waals surface area contributed by atoms with Gasteiger partial charge in [0.05, 0.1) is 17.4 Å². The van der Waals surface area contributed by atoms with Gasteiger partial charge in [-0.1, -0.05) is 6.07 Å². The fourth-order valence-corrected chi connectivity index (χ4v) is 4.15. The van der Waals surface area contributed by atoms with Crippen molar-refractivity contribution in [1.29, 1.82) is 0 Å². The van der Waals surface area contributed by atoms with Crippen molar-refractivity contribution in [2.75, 3.05) is 19.6 Å². The molecule has 2 atom stereocenters. The second kappa shape index (κ2) is 5.61. The quantitative estimate of drug-likeness (QED) is 0.673. The van der Waals surface area contributed by atoms with E-state index in [9.17, 15) is 24.6 Å². The third-order valence-corrected chi connectivity index (χ3v) is 5.77. The van der Waals surface area contributed by atoms with Gasteiger partial charge in [-0.05, 0) is 17.9 Å². The second-order valence-corrected chi connectivity index (χ2v) is 7.30. The first-order chi connectivity index (χ1) is 10.9. The van der Waals surface area contributed by atoms with Gasteiger partial charge in [0.15, 0.2) is 0 Å². The van der Waals surface area contributed by atoms with E-state index in [1.54, 1.807) is 16.2 Å². The van der Waals surface area contributed by atoms with Crippen molar-refractivity contribution in [2.24, 2.45) is 10.8 Å². The molecule has 0 unspecified atom stereocenters. The molecule has 0 radical (unpaired) electrons. The molecule has 1 aromatic heterocycles. The van der Waals surface area contributed by atoms with Gasteiger partial charge < -0.3 is 20.4 Å². The lowest BCUT2D eigenvalue weighted by molar-refractivity contribution is -0.151. The van der Waals surface area contributed by atoms with Crippen molar-refractivity contribution in [3.63, 3.8) is 0 Å². The molecule has 23 heavy (non-hydrogen) atoms. The van der Waals surface area contributed by atoms with Crippen LogP contribution in [-0.2, 0) is 20.9 Å². The van der Waals surface area contributed by atoms with Crippen LogP contribution in [-0.4, -0.2) is 52.6 Å². The number of nitrogens with one attached hydrogen (secondary N) is 1. The van der Waals surface area contributed by atoms with Gasteiger partial charge in [-0.2, -0.15) is 0 Å². The van der Waals surface area contributed by atoms with E-state index >= 15 is 0 Å². The van der Waals surface area contributed by atoms with E-state index in [0.717, 1.165) is 4.88 Å². The van der Waals surface area contributed by atoms with E-state index in [1.807, 2.05) is 17.5 Å². The number of hydrogen-bond acceptors (Lipinski definition) is 5. The lowest BCUT2D eigenvalue weighted by atomic mass is 9.97. The topological polar surface area (TPSA) is 107 Å². The minimum absolute atomic E-state index is 0.118. The van der Waals surface area contributed by atoms with E-state index in [1.165, 1.54) is 0 Å². The van der Waals surface area contributed by atoms with Gasteiger partial charge in [0, 0.05) is 30.9 Å². The Balaban J connectivity index is 1.49. The molecular weight excluding hydrogens is 320 g/mol. The van der Waals surface area contributed by atoms with Gasteiger partial charge in [-0.25, -0.2) is 0 Å². The van der Waals surface area contributed by atoms with Gasteiger partial charge in [0.2, 0.25) is 5.91 Å². The molecule has 1 amide bonds. The Hall–Kier alpha value is -1.93. The number of amides is 1. The molecule has 2 heterocycles. The highest BCUT2D eigenvalue weighted by Crippen LogP contribution is 2.68. The Labute approximate surface area is 136 Å². The number of hydrogen-bond donors (Lipinski definition) is 3. The van der Waals surface area contributed by atoms with Crippen molar-refractivity contribution >= 4 is 29.2 Å². The van der Waals surface area contributed by atoms with E-state index in [2.05, 4.69) is 5.32 Å². The van der Waals surface area contributed by atoms with Crippen LogP contribution < -0.4 is 5.32 Å². The number of carboxylic acid groups (broad SMARTS) is 2. The summed E-state index contributed by atoms with van der Waals surface area (Å²) < 4.78 is 0. The van der Waals surface area contributed by atoms with Crippen molar-refractivity contribution in [1.82, 2.24) is 10.2 Å². The van der Waals surface area contributed by atoms with Gasteiger partial charge in [0.25, 0.3) is 0 Å². The first-order valence-corrected chi connectivity index (χ1v) is 8.26. The van der Waals surface area contributed by atoms with Crippen LogP contribution in [0.25, 0.3) is 0 Å². The SMILES string of the molecule is O=C(CCN1C[C@@]2(C(=O)O)C[C@@]2(C(=O)O)C1)NCc1cccs1. The predicted molar refractivity (Wildman–Crippen MR) is 82.0 cm³/mol. The van der Waals surface area contributed by atoms with Crippen LogP contribution in [0.2, 0.25) is 0 Å². The molecule has 2 fully saturated rings. The summed E-state index contributed by atoms with van der Waals surface area (Å²) in [5.74, 6) is -2.22. The molecule has 0 spiro atoms. The lowest BCUT2D eigenvalue weighted by Crippen LogP contribution is -2.33. The average molecular weight is 338 g/mol. The molecule has 0 aromatic carbocycles. The molecule has 1 aliphatic carbocycles.